The third kappa shape index (κ3) is 6.01. The fourth-order valence-electron chi connectivity index (χ4n) is 1.42. The van der Waals surface area contributed by atoms with Crippen LogP contribution in [0.25, 0.3) is 0 Å². The van der Waals surface area contributed by atoms with Crippen LogP contribution in [0.5, 0.6) is 0 Å². The molecule has 0 bridgehead atoms. The van der Waals surface area contributed by atoms with E-state index in [2.05, 4.69) is 25.7 Å². The van der Waals surface area contributed by atoms with Crippen molar-refractivity contribution in [3.63, 3.8) is 0 Å². The highest BCUT2D eigenvalue weighted by Gasteiger charge is 2.13. The second kappa shape index (κ2) is 9.05. The highest BCUT2D eigenvalue weighted by molar-refractivity contribution is 5.06. The number of nitrogens with two attached hydrogens (primary N) is 1. The topological polar surface area (TPSA) is 46.2 Å². The second-order valence-electron chi connectivity index (χ2n) is 3.62. The minimum absolute atomic E-state index is 0.334. The van der Waals surface area contributed by atoms with E-state index < -0.39 is 6.10 Å². The molecule has 2 unspecified atom stereocenters. The van der Waals surface area contributed by atoms with E-state index in [1.807, 2.05) is 0 Å². The maximum Gasteiger partial charge on any atom is 0.117 e. The molecule has 0 saturated heterocycles. The van der Waals surface area contributed by atoms with Crippen molar-refractivity contribution in [1.29, 1.82) is 0 Å². The Balaban J connectivity index is 3.91. The van der Waals surface area contributed by atoms with Gasteiger partial charge in [0.25, 0.3) is 0 Å². The summed E-state index contributed by atoms with van der Waals surface area (Å²) in [4.78, 5) is 0. The van der Waals surface area contributed by atoms with Gasteiger partial charge < -0.3 is 10.8 Å². The number of unbranched alkanes of at least 4 members (excludes halogenated alkanes) is 1. The van der Waals surface area contributed by atoms with E-state index in [0.29, 0.717) is 18.9 Å². The summed E-state index contributed by atoms with van der Waals surface area (Å²) in [5.41, 5.74) is 5.32. The minimum Gasteiger partial charge on any atom is -0.380 e. The molecule has 0 aliphatic carbocycles. The maximum atomic E-state index is 9.75. The molecule has 0 fully saturated rings. The van der Waals surface area contributed by atoms with Crippen molar-refractivity contribution >= 4 is 0 Å². The Morgan fingerprint density at radius 1 is 1.36 bits per heavy atom. The van der Waals surface area contributed by atoms with Crippen LogP contribution in [-0.2, 0) is 0 Å². The molecule has 2 heteroatoms. The van der Waals surface area contributed by atoms with E-state index >= 15 is 0 Å². The first-order chi connectivity index (χ1) is 6.76. The van der Waals surface area contributed by atoms with Crippen LogP contribution < -0.4 is 5.73 Å². The summed E-state index contributed by atoms with van der Waals surface area (Å²) in [6, 6.07) is 0. The summed E-state index contributed by atoms with van der Waals surface area (Å²) in [7, 11) is 0. The maximum absolute atomic E-state index is 9.75. The monoisotopic (exact) mass is 197 g/mol. The highest BCUT2D eigenvalue weighted by atomic mass is 16.3. The van der Waals surface area contributed by atoms with E-state index in [9.17, 15) is 5.11 Å². The summed E-state index contributed by atoms with van der Waals surface area (Å²) in [6.45, 7) is 4.85. The van der Waals surface area contributed by atoms with E-state index in [1.54, 1.807) is 0 Å². The Labute approximate surface area is 87.9 Å². The first-order valence-corrected chi connectivity index (χ1v) is 5.62. The summed E-state index contributed by atoms with van der Waals surface area (Å²) in [5.74, 6) is 6.10. The van der Waals surface area contributed by atoms with E-state index in [-0.39, 0.29) is 0 Å². The van der Waals surface area contributed by atoms with Gasteiger partial charge in [-0.25, -0.2) is 0 Å². The fourth-order valence-corrected chi connectivity index (χ4v) is 1.42. The lowest BCUT2D eigenvalue weighted by Crippen LogP contribution is -2.17. The van der Waals surface area contributed by atoms with Crippen molar-refractivity contribution in [3.8, 4) is 11.8 Å². The summed E-state index contributed by atoms with van der Waals surface area (Å²) in [6.07, 6.45) is 4.65. The molecular formula is C12H23NO. The van der Waals surface area contributed by atoms with Crippen LogP contribution in [0.15, 0.2) is 0 Å². The zero-order chi connectivity index (χ0) is 10.8. The van der Waals surface area contributed by atoms with Gasteiger partial charge in [0.1, 0.15) is 6.10 Å². The van der Waals surface area contributed by atoms with Crippen LogP contribution in [-0.4, -0.2) is 17.8 Å². The Bertz CT molecular complexity index is 180. The molecule has 0 aliphatic rings. The van der Waals surface area contributed by atoms with Gasteiger partial charge in [-0.1, -0.05) is 38.5 Å². The van der Waals surface area contributed by atoms with Crippen molar-refractivity contribution < 1.29 is 5.11 Å². The van der Waals surface area contributed by atoms with Crippen LogP contribution in [0, 0.1) is 17.8 Å². The molecule has 0 amide bonds. The van der Waals surface area contributed by atoms with Gasteiger partial charge in [0.05, 0.1) is 0 Å². The number of aliphatic hydroxyl groups is 1. The first-order valence-electron chi connectivity index (χ1n) is 5.62. The van der Waals surface area contributed by atoms with Crippen LogP contribution in [0.3, 0.4) is 0 Å². The Morgan fingerprint density at radius 3 is 2.57 bits per heavy atom. The van der Waals surface area contributed by atoms with Gasteiger partial charge in [0, 0.05) is 13.0 Å². The van der Waals surface area contributed by atoms with Crippen molar-refractivity contribution in [2.45, 2.75) is 52.1 Å². The van der Waals surface area contributed by atoms with E-state index in [0.717, 1.165) is 12.8 Å². The van der Waals surface area contributed by atoms with Gasteiger partial charge in [-0.15, -0.1) is 0 Å². The van der Waals surface area contributed by atoms with Crippen molar-refractivity contribution in [2.75, 3.05) is 6.54 Å². The molecule has 2 nitrogen and oxygen atoms in total. The smallest absolute Gasteiger partial charge is 0.117 e. The van der Waals surface area contributed by atoms with Gasteiger partial charge >= 0.3 is 0 Å². The molecule has 0 saturated carbocycles. The number of aliphatic hydroxyl groups excluding tert-OH is 1. The Hall–Kier alpha value is -0.520. The molecule has 0 aromatic rings. The number of rotatable bonds is 6. The molecule has 0 spiro atoms. The van der Waals surface area contributed by atoms with E-state index in [4.69, 9.17) is 5.73 Å². The average Bonchev–Trinajstić information content (AvgIpc) is 2.19. The highest BCUT2D eigenvalue weighted by Crippen LogP contribution is 2.16. The number of hydrogen-bond donors (Lipinski definition) is 2. The molecule has 0 radical (unpaired) electrons. The predicted octanol–water partition coefficient (Wildman–Crippen LogP) is 1.92. The Morgan fingerprint density at radius 2 is 2.07 bits per heavy atom. The normalized spacial score (nSPS) is 14.3. The van der Waals surface area contributed by atoms with Gasteiger partial charge in [-0.05, 0) is 18.8 Å². The second-order valence-corrected chi connectivity index (χ2v) is 3.62. The molecule has 14 heavy (non-hydrogen) atoms. The zero-order valence-corrected chi connectivity index (χ0v) is 9.42. The lowest BCUT2D eigenvalue weighted by molar-refractivity contribution is 0.150. The van der Waals surface area contributed by atoms with Crippen LogP contribution in [0.4, 0.5) is 0 Å². The van der Waals surface area contributed by atoms with Gasteiger partial charge in [-0.2, -0.15) is 0 Å². The zero-order valence-electron chi connectivity index (χ0n) is 9.42. The van der Waals surface area contributed by atoms with Gasteiger partial charge in [0.15, 0.2) is 0 Å². The Kier molecular flexibility index (Phi) is 8.72. The number of hydrogen-bond acceptors (Lipinski definition) is 2. The standard InChI is InChI=1S/C12H23NO/c1-3-5-8-11(4-2)12(14)9-6-7-10-13/h11-12,14H,3-5,7-8,10,13H2,1-2H3. The van der Waals surface area contributed by atoms with Gasteiger partial charge in [-0.3, -0.25) is 0 Å². The first kappa shape index (κ1) is 13.5. The molecular weight excluding hydrogens is 174 g/mol. The molecule has 0 rings (SSSR count). The lowest BCUT2D eigenvalue weighted by Gasteiger charge is -2.16. The third-order valence-electron chi connectivity index (χ3n) is 2.42. The minimum atomic E-state index is -0.460. The molecule has 0 heterocycles. The molecule has 3 N–H and O–H groups in total. The fraction of sp³-hybridized carbons (Fsp3) is 0.833. The molecule has 0 aromatic carbocycles. The third-order valence-corrected chi connectivity index (χ3v) is 2.42. The van der Waals surface area contributed by atoms with Crippen molar-refractivity contribution in [3.05, 3.63) is 0 Å². The molecule has 0 aliphatic heterocycles. The van der Waals surface area contributed by atoms with Crippen molar-refractivity contribution in [2.24, 2.45) is 11.7 Å². The quantitative estimate of drug-likeness (QED) is 0.639. The van der Waals surface area contributed by atoms with Gasteiger partial charge in [0.2, 0.25) is 0 Å². The largest absolute Gasteiger partial charge is 0.380 e. The lowest BCUT2D eigenvalue weighted by atomic mass is 9.93. The SMILES string of the molecule is CCCCC(CC)C(O)C#CCCN. The predicted molar refractivity (Wildman–Crippen MR) is 60.8 cm³/mol. The van der Waals surface area contributed by atoms with Crippen LogP contribution in [0.1, 0.15) is 46.0 Å². The summed E-state index contributed by atoms with van der Waals surface area (Å²) in [5, 5.41) is 9.75. The van der Waals surface area contributed by atoms with Crippen LogP contribution in [0.2, 0.25) is 0 Å². The van der Waals surface area contributed by atoms with Crippen LogP contribution >= 0.6 is 0 Å². The molecule has 0 aromatic heterocycles. The average molecular weight is 197 g/mol. The molecule has 82 valence electrons. The van der Waals surface area contributed by atoms with E-state index in [1.165, 1.54) is 12.8 Å². The molecule has 2 atom stereocenters. The summed E-state index contributed by atoms with van der Waals surface area (Å²) < 4.78 is 0. The summed E-state index contributed by atoms with van der Waals surface area (Å²) >= 11 is 0. The van der Waals surface area contributed by atoms with Crippen molar-refractivity contribution in [1.82, 2.24) is 0 Å².